The van der Waals surface area contributed by atoms with E-state index in [1.54, 1.807) is 0 Å². The monoisotopic (exact) mass is 441 g/mol. The second kappa shape index (κ2) is 8.55. The van der Waals surface area contributed by atoms with E-state index in [1.807, 2.05) is 43.9 Å². The molecule has 3 atom stereocenters. The Morgan fingerprint density at radius 2 is 1.71 bits per heavy atom. The molecule has 1 aromatic carbocycles. The molecule has 0 bridgehead atoms. The molecule has 2 aromatic rings. The van der Waals surface area contributed by atoms with E-state index in [4.69, 9.17) is 17.3 Å². The number of nitrogens with two attached hydrogens (primary N) is 1. The zero-order valence-electron chi connectivity index (χ0n) is 18.1. The number of rotatable bonds is 5. The van der Waals surface area contributed by atoms with Crippen molar-refractivity contribution in [1.82, 2.24) is 19.8 Å². The van der Waals surface area contributed by atoms with Crippen molar-refractivity contribution in [3.63, 3.8) is 0 Å². The van der Waals surface area contributed by atoms with Crippen LogP contribution in [0.5, 0.6) is 0 Å². The molecule has 7 nitrogen and oxygen atoms in total. The van der Waals surface area contributed by atoms with Crippen LogP contribution >= 0.6 is 11.6 Å². The maximum Gasteiger partial charge on any atom is 0.257 e. The molecule has 1 aromatic heterocycles. The lowest BCUT2D eigenvalue weighted by molar-refractivity contribution is -0.119. The molecule has 2 aliphatic rings. The SMILES string of the molecule is Cc1ccc(C(CC(N)=O)N2CC3CN(C(=O)c4c(C)ncnc4C)CC3C2)cc1Cl. The van der Waals surface area contributed by atoms with E-state index in [0.717, 1.165) is 24.2 Å². The maximum absolute atomic E-state index is 13.1. The number of carbonyl (C=O) groups is 2. The zero-order chi connectivity index (χ0) is 22.3. The molecule has 2 amide bonds. The van der Waals surface area contributed by atoms with Crippen molar-refractivity contribution in [2.24, 2.45) is 17.6 Å². The summed E-state index contributed by atoms with van der Waals surface area (Å²) in [6.07, 6.45) is 1.75. The summed E-state index contributed by atoms with van der Waals surface area (Å²) < 4.78 is 0. The Labute approximate surface area is 187 Å². The van der Waals surface area contributed by atoms with Gasteiger partial charge in [0.15, 0.2) is 0 Å². The largest absolute Gasteiger partial charge is 0.370 e. The number of likely N-dealkylation sites (tertiary alicyclic amines) is 2. The third-order valence-corrected chi connectivity index (χ3v) is 7.07. The highest BCUT2D eigenvalue weighted by atomic mass is 35.5. The van der Waals surface area contributed by atoms with Crippen LogP contribution in [0, 0.1) is 32.6 Å². The predicted octanol–water partition coefficient (Wildman–Crippen LogP) is 2.68. The Kier molecular flexibility index (Phi) is 5.99. The molecule has 8 heteroatoms. The molecule has 2 aliphatic heterocycles. The Balaban J connectivity index is 1.49. The summed E-state index contributed by atoms with van der Waals surface area (Å²) in [6, 6.07) is 5.85. The number of halogens is 1. The van der Waals surface area contributed by atoms with E-state index in [-0.39, 0.29) is 24.3 Å². The van der Waals surface area contributed by atoms with E-state index in [2.05, 4.69) is 14.9 Å². The Morgan fingerprint density at radius 1 is 1.10 bits per heavy atom. The number of carbonyl (C=O) groups excluding carboxylic acids is 2. The fourth-order valence-electron chi connectivity index (χ4n) is 4.98. The van der Waals surface area contributed by atoms with Gasteiger partial charge < -0.3 is 10.6 Å². The van der Waals surface area contributed by atoms with Gasteiger partial charge in [-0.05, 0) is 49.8 Å². The van der Waals surface area contributed by atoms with Gasteiger partial charge in [-0.25, -0.2) is 9.97 Å². The van der Waals surface area contributed by atoms with E-state index >= 15 is 0 Å². The lowest BCUT2D eigenvalue weighted by Gasteiger charge is -2.29. The van der Waals surface area contributed by atoms with Crippen LogP contribution in [0.15, 0.2) is 24.5 Å². The first-order chi connectivity index (χ1) is 14.7. The minimum Gasteiger partial charge on any atom is -0.370 e. The minimum absolute atomic E-state index is 0.00977. The van der Waals surface area contributed by atoms with Gasteiger partial charge in [-0.1, -0.05) is 23.7 Å². The highest BCUT2D eigenvalue weighted by molar-refractivity contribution is 6.31. The van der Waals surface area contributed by atoms with Crippen LogP contribution < -0.4 is 5.73 Å². The smallest absolute Gasteiger partial charge is 0.257 e. The molecule has 4 rings (SSSR count). The summed E-state index contributed by atoms with van der Waals surface area (Å²) in [5, 5.41) is 0.693. The molecular weight excluding hydrogens is 414 g/mol. The highest BCUT2D eigenvalue weighted by Crippen LogP contribution is 2.38. The van der Waals surface area contributed by atoms with Crippen LogP contribution in [0.1, 0.15) is 45.3 Å². The molecule has 31 heavy (non-hydrogen) atoms. The molecule has 2 N–H and O–H groups in total. The minimum atomic E-state index is -0.328. The molecule has 3 heterocycles. The van der Waals surface area contributed by atoms with Gasteiger partial charge in [-0.3, -0.25) is 14.5 Å². The van der Waals surface area contributed by atoms with Crippen molar-refractivity contribution in [3.05, 3.63) is 57.6 Å². The zero-order valence-corrected chi connectivity index (χ0v) is 18.9. The normalized spacial score (nSPS) is 21.9. The van der Waals surface area contributed by atoms with Crippen molar-refractivity contribution in [2.75, 3.05) is 26.2 Å². The molecule has 2 saturated heterocycles. The maximum atomic E-state index is 13.1. The van der Waals surface area contributed by atoms with Gasteiger partial charge in [0.2, 0.25) is 5.91 Å². The van der Waals surface area contributed by atoms with E-state index < -0.39 is 0 Å². The lowest BCUT2D eigenvalue weighted by Crippen LogP contribution is -2.36. The average Bonchev–Trinajstić information content (AvgIpc) is 3.27. The van der Waals surface area contributed by atoms with Gasteiger partial charge in [-0.15, -0.1) is 0 Å². The number of aryl methyl sites for hydroxylation is 3. The van der Waals surface area contributed by atoms with E-state index in [0.29, 0.717) is 46.9 Å². The number of benzene rings is 1. The first-order valence-electron chi connectivity index (χ1n) is 10.6. The third kappa shape index (κ3) is 4.29. The molecule has 2 fully saturated rings. The molecule has 0 radical (unpaired) electrons. The average molecular weight is 442 g/mol. The van der Waals surface area contributed by atoms with Crippen LogP contribution in [0.3, 0.4) is 0 Å². The van der Waals surface area contributed by atoms with Crippen molar-refractivity contribution in [1.29, 1.82) is 0 Å². The fraction of sp³-hybridized carbons (Fsp3) is 0.478. The number of nitrogens with zero attached hydrogens (tertiary/aromatic N) is 4. The second-order valence-corrected chi connectivity index (χ2v) is 9.21. The van der Waals surface area contributed by atoms with Crippen LogP contribution in [0.25, 0.3) is 0 Å². The Morgan fingerprint density at radius 3 is 2.26 bits per heavy atom. The quantitative estimate of drug-likeness (QED) is 0.770. The van der Waals surface area contributed by atoms with Crippen LogP contribution in [-0.4, -0.2) is 57.8 Å². The fourth-order valence-corrected chi connectivity index (χ4v) is 5.16. The van der Waals surface area contributed by atoms with Crippen molar-refractivity contribution in [3.8, 4) is 0 Å². The molecule has 0 spiro atoms. The number of aromatic nitrogens is 2. The number of hydrogen-bond acceptors (Lipinski definition) is 5. The molecule has 164 valence electrons. The first kappa shape index (κ1) is 21.7. The summed E-state index contributed by atoms with van der Waals surface area (Å²) in [7, 11) is 0. The number of amides is 2. The Bertz CT molecular complexity index is 993. The van der Waals surface area contributed by atoms with Crippen LogP contribution in [0.2, 0.25) is 5.02 Å². The van der Waals surface area contributed by atoms with Crippen LogP contribution in [0.4, 0.5) is 0 Å². The topological polar surface area (TPSA) is 92.4 Å². The van der Waals surface area contributed by atoms with Gasteiger partial charge in [0, 0.05) is 43.7 Å². The van der Waals surface area contributed by atoms with Crippen molar-refractivity contribution >= 4 is 23.4 Å². The number of fused-ring (bicyclic) bond motifs is 1. The van der Waals surface area contributed by atoms with Gasteiger partial charge in [0.25, 0.3) is 5.91 Å². The summed E-state index contributed by atoms with van der Waals surface area (Å²) in [6.45, 7) is 8.70. The molecule has 3 unspecified atom stereocenters. The summed E-state index contributed by atoms with van der Waals surface area (Å²) in [4.78, 5) is 37.6. The van der Waals surface area contributed by atoms with Gasteiger partial charge in [0.05, 0.1) is 17.0 Å². The predicted molar refractivity (Wildman–Crippen MR) is 119 cm³/mol. The molecule has 0 aliphatic carbocycles. The van der Waals surface area contributed by atoms with Gasteiger partial charge in [0.1, 0.15) is 6.33 Å². The lowest BCUT2D eigenvalue weighted by atomic mass is 10.0. The highest BCUT2D eigenvalue weighted by Gasteiger charge is 2.44. The van der Waals surface area contributed by atoms with E-state index in [9.17, 15) is 9.59 Å². The van der Waals surface area contributed by atoms with E-state index in [1.165, 1.54) is 6.33 Å². The number of hydrogen-bond donors (Lipinski definition) is 1. The van der Waals surface area contributed by atoms with Gasteiger partial charge >= 0.3 is 0 Å². The second-order valence-electron chi connectivity index (χ2n) is 8.80. The Hall–Kier alpha value is -2.51. The summed E-state index contributed by atoms with van der Waals surface area (Å²) >= 11 is 6.35. The first-order valence-corrected chi connectivity index (χ1v) is 11.0. The summed E-state index contributed by atoms with van der Waals surface area (Å²) in [5.74, 6) is 0.414. The van der Waals surface area contributed by atoms with Crippen LogP contribution in [-0.2, 0) is 4.79 Å². The van der Waals surface area contributed by atoms with Gasteiger partial charge in [-0.2, -0.15) is 0 Å². The molecular formula is C23H28ClN5O2. The third-order valence-electron chi connectivity index (χ3n) is 6.66. The van der Waals surface area contributed by atoms with Crippen molar-refractivity contribution < 1.29 is 9.59 Å². The standard InChI is InChI=1S/C23H28ClN5O2/c1-13-4-5-16(6-19(13)24)20(7-21(25)30)28-8-17-10-29(11-18(17)9-28)23(31)22-14(2)26-12-27-15(22)3/h4-6,12,17-18,20H,7-11H2,1-3H3,(H2,25,30). The summed E-state index contributed by atoms with van der Waals surface area (Å²) in [5.41, 5.74) is 9.63. The van der Waals surface area contributed by atoms with Crippen molar-refractivity contribution in [2.45, 2.75) is 33.2 Å². The molecule has 0 saturated carbocycles. The number of primary amides is 1.